The standard InChI is InChI=1S/C20H21N3O2/c1-25-17-12-10-16(11-13-17)22-23-19(18-9-5-6-14-21-18)20(24)15-7-3-2-4-8-15/h2-4,7-8,10-13,22H,5-6,9,14H2,1H3/b23-19+. The summed E-state index contributed by atoms with van der Waals surface area (Å²) in [5, 5.41) is 4.39. The molecular formula is C20H21N3O2. The molecule has 1 N–H and O–H groups in total. The van der Waals surface area contributed by atoms with Crippen molar-refractivity contribution in [2.45, 2.75) is 19.3 Å². The van der Waals surface area contributed by atoms with Gasteiger partial charge in [-0.25, -0.2) is 0 Å². The molecule has 0 amide bonds. The van der Waals surface area contributed by atoms with E-state index in [0.717, 1.165) is 43.0 Å². The Balaban J connectivity index is 1.87. The number of carbonyl (C=O) groups excluding carboxylic acids is 1. The molecule has 5 nitrogen and oxygen atoms in total. The Morgan fingerprint density at radius 2 is 1.84 bits per heavy atom. The molecule has 0 atom stereocenters. The van der Waals surface area contributed by atoms with Crippen molar-refractivity contribution in [3.8, 4) is 5.75 Å². The topological polar surface area (TPSA) is 63.0 Å². The fraction of sp³-hybridized carbons (Fsp3) is 0.250. The number of hydrogen-bond acceptors (Lipinski definition) is 5. The fourth-order valence-corrected chi connectivity index (χ4v) is 2.65. The summed E-state index contributed by atoms with van der Waals surface area (Å²) >= 11 is 0. The second-order valence-electron chi connectivity index (χ2n) is 5.78. The Hall–Kier alpha value is -2.95. The zero-order valence-electron chi connectivity index (χ0n) is 14.2. The number of methoxy groups -OCH3 is 1. The van der Waals surface area contributed by atoms with Crippen LogP contribution < -0.4 is 10.2 Å². The molecule has 5 heteroatoms. The lowest BCUT2D eigenvalue weighted by molar-refractivity contribution is 0.106. The quantitative estimate of drug-likeness (QED) is 0.493. The molecule has 0 aromatic heterocycles. The number of aliphatic imine (C=N–C) groups is 1. The molecule has 0 fully saturated rings. The van der Waals surface area contributed by atoms with Gasteiger partial charge in [-0.05, 0) is 43.5 Å². The summed E-state index contributed by atoms with van der Waals surface area (Å²) in [6, 6.07) is 16.6. The normalized spacial score (nSPS) is 14.6. The maximum Gasteiger partial charge on any atom is 0.215 e. The SMILES string of the molecule is COc1ccc(N/N=C(/C(=O)c2ccccc2)C2=NCCCC2)cc1. The summed E-state index contributed by atoms with van der Waals surface area (Å²) in [5.74, 6) is 0.661. The zero-order chi connectivity index (χ0) is 17.5. The first-order valence-corrected chi connectivity index (χ1v) is 8.39. The molecule has 3 rings (SSSR count). The molecule has 25 heavy (non-hydrogen) atoms. The second-order valence-corrected chi connectivity index (χ2v) is 5.78. The van der Waals surface area contributed by atoms with Gasteiger partial charge in [0.2, 0.25) is 5.78 Å². The predicted octanol–water partition coefficient (Wildman–Crippen LogP) is 3.97. The van der Waals surface area contributed by atoms with Gasteiger partial charge in [-0.2, -0.15) is 5.10 Å². The van der Waals surface area contributed by atoms with Gasteiger partial charge in [0, 0.05) is 12.1 Å². The van der Waals surface area contributed by atoms with E-state index in [1.54, 1.807) is 19.2 Å². The van der Waals surface area contributed by atoms with Gasteiger partial charge in [0.05, 0.1) is 18.5 Å². The first-order valence-electron chi connectivity index (χ1n) is 8.39. The third kappa shape index (κ3) is 4.32. The van der Waals surface area contributed by atoms with Gasteiger partial charge in [-0.15, -0.1) is 0 Å². The van der Waals surface area contributed by atoms with Crippen LogP contribution >= 0.6 is 0 Å². The van der Waals surface area contributed by atoms with Crippen molar-refractivity contribution in [2.75, 3.05) is 19.1 Å². The molecule has 2 aromatic rings. The highest BCUT2D eigenvalue weighted by molar-refractivity contribution is 6.70. The molecule has 1 heterocycles. The van der Waals surface area contributed by atoms with Crippen LogP contribution in [0.4, 0.5) is 5.69 Å². The van der Waals surface area contributed by atoms with Crippen LogP contribution in [0.1, 0.15) is 29.6 Å². The van der Waals surface area contributed by atoms with E-state index >= 15 is 0 Å². The van der Waals surface area contributed by atoms with E-state index in [9.17, 15) is 4.79 Å². The van der Waals surface area contributed by atoms with Crippen LogP contribution in [0.15, 0.2) is 64.7 Å². The molecule has 0 radical (unpaired) electrons. The number of hydrogen-bond donors (Lipinski definition) is 1. The third-order valence-electron chi connectivity index (χ3n) is 4.04. The van der Waals surface area contributed by atoms with Crippen LogP contribution in [-0.4, -0.2) is 30.9 Å². The van der Waals surface area contributed by atoms with Crippen molar-refractivity contribution < 1.29 is 9.53 Å². The molecule has 0 saturated carbocycles. The fourth-order valence-electron chi connectivity index (χ4n) is 2.65. The summed E-state index contributed by atoms with van der Waals surface area (Å²) < 4.78 is 5.15. The summed E-state index contributed by atoms with van der Waals surface area (Å²) in [4.78, 5) is 17.4. The van der Waals surface area contributed by atoms with E-state index in [1.165, 1.54) is 0 Å². The number of nitrogens with zero attached hydrogens (tertiary/aromatic N) is 2. The number of carbonyl (C=O) groups is 1. The van der Waals surface area contributed by atoms with E-state index in [-0.39, 0.29) is 5.78 Å². The van der Waals surface area contributed by atoms with Crippen LogP contribution in [0, 0.1) is 0 Å². The molecule has 0 bridgehead atoms. The average molecular weight is 335 g/mol. The van der Waals surface area contributed by atoms with Crippen molar-refractivity contribution in [3.63, 3.8) is 0 Å². The van der Waals surface area contributed by atoms with Crippen LogP contribution in [0.25, 0.3) is 0 Å². The third-order valence-corrected chi connectivity index (χ3v) is 4.04. The molecular weight excluding hydrogens is 314 g/mol. The van der Waals surface area contributed by atoms with Crippen molar-refractivity contribution in [3.05, 3.63) is 60.2 Å². The van der Waals surface area contributed by atoms with Crippen LogP contribution in [-0.2, 0) is 0 Å². The molecule has 1 aliphatic heterocycles. The van der Waals surface area contributed by atoms with E-state index in [0.29, 0.717) is 11.3 Å². The lowest BCUT2D eigenvalue weighted by Gasteiger charge is -2.14. The van der Waals surface area contributed by atoms with Crippen LogP contribution in [0.3, 0.4) is 0 Å². The number of nitrogens with one attached hydrogen (secondary N) is 1. The smallest absolute Gasteiger partial charge is 0.215 e. The molecule has 2 aromatic carbocycles. The number of ketones is 1. The summed E-state index contributed by atoms with van der Waals surface area (Å²) in [6.45, 7) is 0.749. The number of ether oxygens (including phenoxy) is 1. The minimum atomic E-state index is -0.109. The maximum absolute atomic E-state index is 12.9. The van der Waals surface area contributed by atoms with Gasteiger partial charge in [0.25, 0.3) is 0 Å². The Labute approximate surface area is 147 Å². The first-order chi connectivity index (χ1) is 12.3. The van der Waals surface area contributed by atoms with E-state index in [4.69, 9.17) is 4.74 Å². The van der Waals surface area contributed by atoms with E-state index < -0.39 is 0 Å². The van der Waals surface area contributed by atoms with Gasteiger partial charge < -0.3 is 4.74 Å². The van der Waals surface area contributed by atoms with Gasteiger partial charge in [0.15, 0.2) is 5.71 Å². The van der Waals surface area contributed by atoms with Gasteiger partial charge in [0.1, 0.15) is 5.75 Å². The van der Waals surface area contributed by atoms with Crippen molar-refractivity contribution in [2.24, 2.45) is 10.1 Å². The number of anilines is 1. The summed E-state index contributed by atoms with van der Waals surface area (Å²) in [7, 11) is 1.62. The van der Waals surface area contributed by atoms with Gasteiger partial charge in [-0.3, -0.25) is 15.2 Å². The summed E-state index contributed by atoms with van der Waals surface area (Å²) in [6.07, 6.45) is 2.87. The Morgan fingerprint density at radius 3 is 2.48 bits per heavy atom. The van der Waals surface area contributed by atoms with Crippen molar-refractivity contribution >= 4 is 22.9 Å². The highest BCUT2D eigenvalue weighted by Gasteiger charge is 2.21. The molecule has 0 spiro atoms. The Morgan fingerprint density at radius 1 is 1.08 bits per heavy atom. The monoisotopic (exact) mass is 335 g/mol. The highest BCUT2D eigenvalue weighted by Crippen LogP contribution is 2.16. The van der Waals surface area contributed by atoms with Crippen molar-refractivity contribution in [1.29, 1.82) is 0 Å². The lowest BCUT2D eigenvalue weighted by Crippen LogP contribution is -2.27. The number of rotatable bonds is 6. The van der Waals surface area contributed by atoms with Crippen molar-refractivity contribution in [1.82, 2.24) is 0 Å². The minimum absolute atomic E-state index is 0.109. The van der Waals surface area contributed by atoms with E-state index in [1.807, 2.05) is 42.5 Å². The molecule has 0 unspecified atom stereocenters. The molecule has 0 aliphatic carbocycles. The Kier molecular flexibility index (Phi) is 5.57. The number of benzene rings is 2. The Bertz CT molecular complexity index is 780. The first kappa shape index (κ1) is 16.9. The molecule has 128 valence electrons. The summed E-state index contributed by atoms with van der Waals surface area (Å²) in [5.41, 5.74) is 5.55. The second kappa shape index (κ2) is 8.24. The minimum Gasteiger partial charge on any atom is -0.497 e. The van der Waals surface area contributed by atoms with E-state index in [2.05, 4.69) is 15.5 Å². The number of Topliss-reactive ketones (excluding diaryl/α,β-unsaturated/α-hetero) is 1. The largest absolute Gasteiger partial charge is 0.497 e. The van der Waals surface area contributed by atoms with Gasteiger partial charge >= 0.3 is 0 Å². The lowest BCUT2D eigenvalue weighted by atomic mass is 9.98. The average Bonchev–Trinajstić information content (AvgIpc) is 2.70. The molecule has 1 aliphatic rings. The predicted molar refractivity (Wildman–Crippen MR) is 101 cm³/mol. The van der Waals surface area contributed by atoms with Crippen LogP contribution in [0.2, 0.25) is 0 Å². The van der Waals surface area contributed by atoms with Gasteiger partial charge in [-0.1, -0.05) is 30.3 Å². The highest BCUT2D eigenvalue weighted by atomic mass is 16.5. The van der Waals surface area contributed by atoms with Crippen LogP contribution in [0.5, 0.6) is 5.75 Å². The maximum atomic E-state index is 12.9. The molecule has 0 saturated heterocycles. The zero-order valence-corrected chi connectivity index (χ0v) is 14.2. The number of hydrazone groups is 1.